The zero-order chi connectivity index (χ0) is 24.7. The quantitative estimate of drug-likeness (QED) is 0.122. The maximum absolute atomic E-state index is 13.4. The van der Waals surface area contributed by atoms with Crippen LogP contribution in [0.2, 0.25) is 0 Å². The molecular formula is C25H17BF6OS. The lowest BCUT2D eigenvalue weighted by Crippen LogP contribution is -2.06. The van der Waals surface area contributed by atoms with E-state index in [1.54, 1.807) is 48.5 Å². The van der Waals surface area contributed by atoms with Crippen LogP contribution < -0.4 is 0 Å². The standard InChI is InChI=1S/C25H17F2OS.BF4/c26-20-8-14-23(15-9-20)29(24-16-10-21(27)11-17-24)22-12-6-19(7-13-22)25(28)18-4-2-1-3-5-18;2-1(3,4)5/h1-17H;/q+1;-1. The van der Waals surface area contributed by atoms with Gasteiger partial charge in [-0.15, -0.1) is 0 Å². The molecule has 9 heteroatoms. The molecule has 0 aliphatic rings. The Bertz CT molecular complexity index is 1160. The zero-order valence-corrected chi connectivity index (χ0v) is 18.3. The molecule has 0 saturated carbocycles. The van der Waals surface area contributed by atoms with Crippen LogP contribution in [0.5, 0.6) is 0 Å². The lowest BCUT2D eigenvalue weighted by atomic mass is 10.0. The van der Waals surface area contributed by atoms with Crippen LogP contribution in [-0.4, -0.2) is 13.0 Å². The van der Waals surface area contributed by atoms with Crippen molar-refractivity contribution >= 4 is 23.9 Å². The highest BCUT2D eigenvalue weighted by Crippen LogP contribution is 2.31. The molecule has 4 aromatic carbocycles. The summed E-state index contributed by atoms with van der Waals surface area (Å²) in [6.07, 6.45) is 0. The molecule has 0 heterocycles. The van der Waals surface area contributed by atoms with Crippen LogP contribution in [0.3, 0.4) is 0 Å². The fourth-order valence-corrected chi connectivity index (χ4v) is 5.09. The number of ketones is 1. The van der Waals surface area contributed by atoms with E-state index in [9.17, 15) is 30.8 Å². The van der Waals surface area contributed by atoms with Gasteiger partial charge in [0.2, 0.25) is 0 Å². The highest BCUT2D eigenvalue weighted by molar-refractivity contribution is 7.97. The van der Waals surface area contributed by atoms with Gasteiger partial charge in [-0.05, 0) is 72.8 Å². The van der Waals surface area contributed by atoms with Crippen LogP contribution in [0, 0.1) is 11.6 Å². The van der Waals surface area contributed by atoms with Crippen molar-refractivity contribution in [3.8, 4) is 0 Å². The van der Waals surface area contributed by atoms with E-state index < -0.39 is 18.1 Å². The minimum absolute atomic E-state index is 0.0411. The molecule has 0 radical (unpaired) electrons. The van der Waals surface area contributed by atoms with Crippen LogP contribution in [-0.2, 0) is 10.9 Å². The van der Waals surface area contributed by atoms with Gasteiger partial charge in [-0.25, -0.2) is 8.78 Å². The first-order chi connectivity index (χ1) is 16.1. The topological polar surface area (TPSA) is 17.1 Å². The molecule has 0 fully saturated rings. The number of hydrogen-bond donors (Lipinski definition) is 0. The third-order valence-electron chi connectivity index (χ3n) is 4.49. The fraction of sp³-hybridized carbons (Fsp3) is 0. The van der Waals surface area contributed by atoms with Crippen molar-refractivity contribution < 1.29 is 30.8 Å². The molecule has 0 aromatic heterocycles. The van der Waals surface area contributed by atoms with E-state index >= 15 is 0 Å². The van der Waals surface area contributed by atoms with E-state index in [2.05, 4.69) is 0 Å². The molecule has 4 aromatic rings. The molecule has 0 saturated heterocycles. The van der Waals surface area contributed by atoms with Crippen LogP contribution in [0.1, 0.15) is 15.9 Å². The molecular weight excluding hydrogens is 473 g/mol. The second-order valence-corrected chi connectivity index (χ2v) is 8.96. The first-order valence-corrected chi connectivity index (χ1v) is 11.2. The van der Waals surface area contributed by atoms with Crippen molar-refractivity contribution in [3.63, 3.8) is 0 Å². The molecule has 0 N–H and O–H groups in total. The Morgan fingerprint density at radius 1 is 0.529 bits per heavy atom. The molecule has 34 heavy (non-hydrogen) atoms. The van der Waals surface area contributed by atoms with Crippen molar-refractivity contribution in [1.29, 1.82) is 0 Å². The molecule has 174 valence electrons. The number of rotatable bonds is 5. The maximum Gasteiger partial charge on any atom is 0.673 e. The monoisotopic (exact) mass is 490 g/mol. The van der Waals surface area contributed by atoms with Crippen molar-refractivity contribution in [2.75, 3.05) is 0 Å². The summed E-state index contributed by atoms with van der Waals surface area (Å²) in [5.41, 5.74) is 1.23. The Balaban J connectivity index is 0.000000588. The van der Waals surface area contributed by atoms with Gasteiger partial charge >= 0.3 is 7.25 Å². The Labute approximate surface area is 195 Å². The third kappa shape index (κ3) is 7.28. The lowest BCUT2D eigenvalue weighted by Gasteiger charge is -2.09. The van der Waals surface area contributed by atoms with Crippen LogP contribution in [0.15, 0.2) is 118 Å². The maximum atomic E-state index is 13.4. The highest BCUT2D eigenvalue weighted by Gasteiger charge is 2.29. The summed E-state index contributed by atoms with van der Waals surface area (Å²) in [6.45, 7) is 0. The SMILES string of the molecule is F[B-](F)(F)F.O=C(c1ccccc1)c1ccc([S+](c2ccc(F)cc2)c2ccc(F)cc2)cc1. The fourth-order valence-electron chi connectivity index (χ4n) is 3.05. The van der Waals surface area contributed by atoms with Gasteiger partial charge in [-0.1, -0.05) is 30.3 Å². The normalized spacial score (nSPS) is 11.0. The van der Waals surface area contributed by atoms with Crippen molar-refractivity contribution in [2.24, 2.45) is 0 Å². The van der Waals surface area contributed by atoms with Gasteiger partial charge in [-0.3, -0.25) is 4.79 Å². The zero-order valence-electron chi connectivity index (χ0n) is 17.5. The number of benzene rings is 4. The van der Waals surface area contributed by atoms with Gasteiger partial charge in [0.05, 0.1) is 10.9 Å². The van der Waals surface area contributed by atoms with Gasteiger partial charge < -0.3 is 17.3 Å². The van der Waals surface area contributed by atoms with E-state index in [0.29, 0.717) is 11.1 Å². The first kappa shape index (κ1) is 25.2. The van der Waals surface area contributed by atoms with Gasteiger partial charge in [-0.2, -0.15) is 0 Å². The summed E-state index contributed by atoms with van der Waals surface area (Å²) in [4.78, 5) is 15.5. The second kappa shape index (κ2) is 11.1. The molecule has 1 nitrogen and oxygen atoms in total. The summed E-state index contributed by atoms with van der Waals surface area (Å²) >= 11 is 0. The average Bonchev–Trinajstić information content (AvgIpc) is 2.81. The molecule has 0 bridgehead atoms. The molecule has 0 spiro atoms. The molecule has 0 aliphatic carbocycles. The number of halogens is 6. The summed E-state index contributed by atoms with van der Waals surface area (Å²) < 4.78 is 65.9. The van der Waals surface area contributed by atoms with Gasteiger partial charge in [0.15, 0.2) is 20.5 Å². The molecule has 0 amide bonds. The Morgan fingerprint density at radius 2 is 0.853 bits per heavy atom. The molecule has 0 atom stereocenters. The average molecular weight is 490 g/mol. The minimum Gasteiger partial charge on any atom is -0.418 e. The largest absolute Gasteiger partial charge is 0.673 e. The Hall–Kier alpha value is -3.46. The van der Waals surface area contributed by atoms with E-state index in [-0.39, 0.29) is 17.4 Å². The lowest BCUT2D eigenvalue weighted by molar-refractivity contribution is 0.103. The van der Waals surface area contributed by atoms with Crippen molar-refractivity contribution in [3.05, 3.63) is 126 Å². The highest BCUT2D eigenvalue weighted by atomic mass is 32.2. The Morgan fingerprint density at radius 3 is 1.24 bits per heavy atom. The Kier molecular flexibility index (Phi) is 8.23. The van der Waals surface area contributed by atoms with E-state index in [1.807, 2.05) is 30.3 Å². The molecule has 4 rings (SSSR count). The van der Waals surface area contributed by atoms with Gasteiger partial charge in [0.25, 0.3) is 0 Å². The summed E-state index contributed by atoms with van der Waals surface area (Å²) in [5, 5.41) is 0. The second-order valence-electron chi connectivity index (χ2n) is 6.93. The van der Waals surface area contributed by atoms with Crippen LogP contribution in [0.25, 0.3) is 0 Å². The number of hydrogen-bond acceptors (Lipinski definition) is 1. The number of carbonyl (C=O) groups excluding carboxylic acids is 1. The minimum atomic E-state index is -6.00. The van der Waals surface area contributed by atoms with Crippen molar-refractivity contribution in [2.45, 2.75) is 14.7 Å². The third-order valence-corrected chi connectivity index (χ3v) is 6.72. The summed E-state index contributed by atoms with van der Waals surface area (Å²) in [5.74, 6) is -0.652. The van der Waals surface area contributed by atoms with Crippen LogP contribution >= 0.6 is 0 Å². The molecule has 0 aliphatic heterocycles. The molecule has 0 unspecified atom stereocenters. The predicted molar refractivity (Wildman–Crippen MR) is 121 cm³/mol. The van der Waals surface area contributed by atoms with E-state index in [4.69, 9.17) is 0 Å². The smallest absolute Gasteiger partial charge is 0.418 e. The summed E-state index contributed by atoms with van der Waals surface area (Å²) in [7, 11) is -6.54. The number of carbonyl (C=O) groups is 1. The predicted octanol–water partition coefficient (Wildman–Crippen LogP) is 7.59. The van der Waals surface area contributed by atoms with E-state index in [1.165, 1.54) is 24.3 Å². The first-order valence-electron chi connectivity index (χ1n) is 9.94. The van der Waals surface area contributed by atoms with Crippen LogP contribution in [0.4, 0.5) is 26.0 Å². The van der Waals surface area contributed by atoms with Crippen molar-refractivity contribution in [1.82, 2.24) is 0 Å². The van der Waals surface area contributed by atoms with E-state index in [0.717, 1.165) is 14.7 Å². The van der Waals surface area contributed by atoms with Gasteiger partial charge in [0, 0.05) is 11.1 Å². The summed E-state index contributed by atoms with van der Waals surface area (Å²) in [6, 6.07) is 29.2. The van der Waals surface area contributed by atoms with Gasteiger partial charge in [0.1, 0.15) is 11.6 Å².